The van der Waals surface area contributed by atoms with Crippen molar-refractivity contribution in [3.8, 4) is 0 Å². The Kier molecular flexibility index (Phi) is 3.37. The number of anilines is 1. The van der Waals surface area contributed by atoms with Crippen molar-refractivity contribution >= 4 is 24.1 Å². The van der Waals surface area contributed by atoms with Crippen LogP contribution < -0.4 is 5.73 Å². The van der Waals surface area contributed by atoms with Crippen LogP contribution in [0, 0.1) is 0 Å². The highest BCUT2D eigenvalue weighted by Gasteiger charge is 1.99. The number of benzene rings is 1. The summed E-state index contributed by atoms with van der Waals surface area (Å²) in [6.45, 7) is 1.60. The van der Waals surface area contributed by atoms with Gasteiger partial charge in [-0.25, -0.2) is 0 Å². The van der Waals surface area contributed by atoms with Crippen LogP contribution in [0.3, 0.4) is 0 Å². The number of rotatable bonds is 3. The Morgan fingerprint density at radius 3 is 2.77 bits per heavy atom. The quantitative estimate of drug-likeness (QED) is 0.573. The van der Waals surface area contributed by atoms with E-state index in [4.69, 9.17) is 5.73 Å². The second-order valence-corrected chi connectivity index (χ2v) is 3.58. The van der Waals surface area contributed by atoms with Crippen molar-refractivity contribution in [3.63, 3.8) is 0 Å². The van der Waals surface area contributed by atoms with E-state index in [2.05, 4.69) is 12.6 Å². The van der Waals surface area contributed by atoms with E-state index in [1.807, 2.05) is 18.2 Å². The second-order valence-electron chi connectivity index (χ2n) is 3.10. The smallest absolute Gasteiger partial charge is 0.130 e. The maximum atomic E-state index is 10.7. The number of Topliss-reactive ketones (excluding diaryl/α,β-unsaturated/α-hetero) is 1. The van der Waals surface area contributed by atoms with Gasteiger partial charge in [0.1, 0.15) is 5.78 Å². The van der Waals surface area contributed by atoms with Crippen molar-refractivity contribution in [3.05, 3.63) is 23.8 Å². The molecule has 2 N–H and O–H groups in total. The number of carbonyl (C=O) groups excluding carboxylic acids is 1. The molecule has 3 heteroatoms. The lowest BCUT2D eigenvalue weighted by molar-refractivity contribution is -0.116. The third-order valence-corrected chi connectivity index (χ3v) is 2.25. The number of hydrogen-bond donors (Lipinski definition) is 2. The van der Waals surface area contributed by atoms with E-state index in [0.29, 0.717) is 12.1 Å². The Labute approximate surface area is 83.5 Å². The van der Waals surface area contributed by atoms with Crippen LogP contribution in [-0.4, -0.2) is 5.78 Å². The molecular weight excluding hydrogens is 182 g/mol. The Balaban J connectivity index is 2.68. The Hall–Kier alpha value is -0.960. The zero-order valence-corrected chi connectivity index (χ0v) is 8.47. The maximum Gasteiger partial charge on any atom is 0.130 e. The minimum atomic E-state index is 0.206. The lowest BCUT2D eigenvalue weighted by atomic mass is 10.1. The van der Waals surface area contributed by atoms with Crippen LogP contribution in [0.1, 0.15) is 18.9 Å². The summed E-state index contributed by atoms with van der Waals surface area (Å²) < 4.78 is 0. The van der Waals surface area contributed by atoms with Crippen molar-refractivity contribution in [2.24, 2.45) is 0 Å². The summed E-state index contributed by atoms with van der Waals surface area (Å²) in [5.74, 6) is 0.206. The molecule has 1 aromatic rings. The predicted molar refractivity (Wildman–Crippen MR) is 57.1 cm³/mol. The van der Waals surface area contributed by atoms with E-state index in [9.17, 15) is 4.79 Å². The van der Waals surface area contributed by atoms with E-state index in [-0.39, 0.29) is 5.78 Å². The van der Waals surface area contributed by atoms with Crippen LogP contribution in [0.5, 0.6) is 0 Å². The standard InChI is InChI=1S/C10H13NOS/c1-7(12)2-3-8-4-5-9(11)10(13)6-8/h4-6,13H,2-3,11H2,1H3. The van der Waals surface area contributed by atoms with Gasteiger partial charge in [0.15, 0.2) is 0 Å². The number of nitrogen functional groups attached to an aromatic ring is 1. The number of ketones is 1. The number of carbonyl (C=O) groups is 1. The highest BCUT2D eigenvalue weighted by Crippen LogP contribution is 2.18. The molecule has 1 aromatic carbocycles. The maximum absolute atomic E-state index is 10.7. The van der Waals surface area contributed by atoms with Crippen LogP contribution in [0.4, 0.5) is 5.69 Å². The van der Waals surface area contributed by atoms with Crippen LogP contribution in [-0.2, 0) is 11.2 Å². The zero-order chi connectivity index (χ0) is 9.84. The predicted octanol–water partition coefficient (Wildman–Crippen LogP) is 2.08. The molecule has 0 aliphatic heterocycles. The van der Waals surface area contributed by atoms with Gasteiger partial charge in [-0.1, -0.05) is 6.07 Å². The molecule has 0 amide bonds. The van der Waals surface area contributed by atoms with E-state index in [0.717, 1.165) is 16.9 Å². The van der Waals surface area contributed by atoms with Gasteiger partial charge in [-0.05, 0) is 31.0 Å². The minimum Gasteiger partial charge on any atom is -0.398 e. The summed E-state index contributed by atoms with van der Waals surface area (Å²) in [6.07, 6.45) is 1.35. The summed E-state index contributed by atoms with van der Waals surface area (Å²) in [5.41, 5.74) is 7.38. The van der Waals surface area contributed by atoms with Crippen molar-refractivity contribution in [1.29, 1.82) is 0 Å². The molecule has 0 atom stereocenters. The van der Waals surface area contributed by atoms with Gasteiger partial charge in [0.2, 0.25) is 0 Å². The number of hydrogen-bond acceptors (Lipinski definition) is 3. The highest BCUT2D eigenvalue weighted by molar-refractivity contribution is 7.80. The minimum absolute atomic E-state index is 0.206. The van der Waals surface area contributed by atoms with Gasteiger partial charge in [-0.15, -0.1) is 12.6 Å². The molecule has 0 saturated carbocycles. The van der Waals surface area contributed by atoms with Gasteiger partial charge in [0, 0.05) is 17.0 Å². The summed E-state index contributed by atoms with van der Waals surface area (Å²) in [7, 11) is 0. The van der Waals surface area contributed by atoms with Gasteiger partial charge in [0.05, 0.1) is 0 Å². The van der Waals surface area contributed by atoms with Gasteiger partial charge in [-0.2, -0.15) is 0 Å². The van der Waals surface area contributed by atoms with Crippen molar-refractivity contribution < 1.29 is 4.79 Å². The Bertz CT molecular complexity index is 323. The molecule has 0 radical (unpaired) electrons. The van der Waals surface area contributed by atoms with Gasteiger partial charge < -0.3 is 10.5 Å². The van der Waals surface area contributed by atoms with Crippen molar-refractivity contribution in [1.82, 2.24) is 0 Å². The van der Waals surface area contributed by atoms with Gasteiger partial charge in [0.25, 0.3) is 0 Å². The van der Waals surface area contributed by atoms with E-state index < -0.39 is 0 Å². The van der Waals surface area contributed by atoms with E-state index in [1.165, 1.54) is 0 Å². The molecule has 0 saturated heterocycles. The summed E-state index contributed by atoms with van der Waals surface area (Å²) in [4.78, 5) is 11.5. The topological polar surface area (TPSA) is 43.1 Å². The monoisotopic (exact) mass is 195 g/mol. The molecule has 0 spiro atoms. The molecular formula is C10H13NOS. The molecule has 0 unspecified atom stereocenters. The molecule has 1 rings (SSSR count). The van der Waals surface area contributed by atoms with Crippen molar-refractivity contribution in [2.75, 3.05) is 5.73 Å². The average molecular weight is 195 g/mol. The molecule has 0 aliphatic rings. The van der Waals surface area contributed by atoms with E-state index >= 15 is 0 Å². The molecule has 0 bridgehead atoms. The second kappa shape index (κ2) is 4.33. The zero-order valence-electron chi connectivity index (χ0n) is 7.58. The molecule has 0 fully saturated rings. The fourth-order valence-corrected chi connectivity index (χ4v) is 1.31. The normalized spacial score (nSPS) is 10.0. The van der Waals surface area contributed by atoms with Crippen LogP contribution >= 0.6 is 12.6 Å². The largest absolute Gasteiger partial charge is 0.398 e. The molecule has 0 heterocycles. The van der Waals surface area contributed by atoms with Gasteiger partial charge >= 0.3 is 0 Å². The number of thiol groups is 1. The van der Waals surface area contributed by atoms with E-state index in [1.54, 1.807) is 6.92 Å². The molecule has 70 valence electrons. The number of nitrogens with two attached hydrogens (primary N) is 1. The first kappa shape index (κ1) is 10.1. The summed E-state index contributed by atoms with van der Waals surface area (Å²) >= 11 is 4.20. The SMILES string of the molecule is CC(=O)CCc1ccc(N)c(S)c1. The molecule has 13 heavy (non-hydrogen) atoms. The fraction of sp³-hybridized carbons (Fsp3) is 0.300. The van der Waals surface area contributed by atoms with Crippen LogP contribution in [0.15, 0.2) is 23.1 Å². The lowest BCUT2D eigenvalue weighted by Gasteiger charge is -2.02. The highest BCUT2D eigenvalue weighted by atomic mass is 32.1. The number of aryl methyl sites for hydroxylation is 1. The Morgan fingerprint density at radius 2 is 2.23 bits per heavy atom. The molecule has 2 nitrogen and oxygen atoms in total. The third kappa shape index (κ3) is 3.11. The van der Waals surface area contributed by atoms with Crippen LogP contribution in [0.2, 0.25) is 0 Å². The molecule has 0 aromatic heterocycles. The lowest BCUT2D eigenvalue weighted by Crippen LogP contribution is -1.95. The third-order valence-electron chi connectivity index (χ3n) is 1.86. The van der Waals surface area contributed by atoms with Gasteiger partial charge in [-0.3, -0.25) is 0 Å². The Morgan fingerprint density at radius 1 is 1.54 bits per heavy atom. The first-order valence-electron chi connectivity index (χ1n) is 4.16. The average Bonchev–Trinajstić information content (AvgIpc) is 2.07. The first-order valence-corrected chi connectivity index (χ1v) is 4.61. The van der Waals surface area contributed by atoms with Crippen LogP contribution in [0.25, 0.3) is 0 Å². The first-order chi connectivity index (χ1) is 6.09. The van der Waals surface area contributed by atoms with Crippen molar-refractivity contribution in [2.45, 2.75) is 24.7 Å². The summed E-state index contributed by atoms with van der Waals surface area (Å²) in [6, 6.07) is 5.65. The summed E-state index contributed by atoms with van der Waals surface area (Å²) in [5, 5.41) is 0. The molecule has 0 aliphatic carbocycles. The fourth-order valence-electron chi connectivity index (χ4n) is 1.07.